The molecule has 1 N–H and O–H groups in total. The first-order chi connectivity index (χ1) is 9.47. The van der Waals surface area contributed by atoms with Gasteiger partial charge in [-0.25, -0.2) is 0 Å². The number of nitro benzene ring substituents is 1. The van der Waals surface area contributed by atoms with Crippen LogP contribution in [0.15, 0.2) is 45.3 Å². The lowest BCUT2D eigenvalue weighted by atomic mass is 10.2. The Morgan fingerprint density at radius 2 is 1.90 bits per heavy atom. The Morgan fingerprint density at radius 1 is 1.15 bits per heavy atom. The molecule has 20 heavy (non-hydrogen) atoms. The Balaban J connectivity index is 2.15. The fraction of sp³-hybridized carbons (Fsp3) is 0.0769. The molecular weight excluding hydrogens is 411 g/mol. The maximum Gasteiger partial charge on any atom is 0.283 e. The van der Waals surface area contributed by atoms with Crippen LogP contribution < -0.4 is 5.32 Å². The summed E-state index contributed by atoms with van der Waals surface area (Å²) in [5, 5.41) is 14.7. The molecule has 7 heteroatoms. The molecule has 0 aliphatic rings. The minimum absolute atomic E-state index is 0.0551. The molecule has 2 aromatic rings. The Bertz CT molecular complexity index is 665. The molecule has 0 aliphatic heterocycles. The third-order valence-electron chi connectivity index (χ3n) is 2.62. The molecule has 0 unspecified atom stereocenters. The standard InChI is InChI=1S/C13H9Br2ClN2O2/c14-10-3-1-8(5-13(10)18(19)20)7-17-12-4-2-9(16)6-11(12)15/h1-6,17H,7H2. The van der Waals surface area contributed by atoms with Gasteiger partial charge in [0.05, 0.1) is 9.40 Å². The minimum Gasteiger partial charge on any atom is -0.380 e. The van der Waals surface area contributed by atoms with Gasteiger partial charge in [-0.3, -0.25) is 10.1 Å². The van der Waals surface area contributed by atoms with Gasteiger partial charge in [-0.15, -0.1) is 0 Å². The molecule has 0 amide bonds. The van der Waals surface area contributed by atoms with E-state index in [1.54, 1.807) is 24.3 Å². The van der Waals surface area contributed by atoms with E-state index in [-0.39, 0.29) is 5.69 Å². The quantitative estimate of drug-likeness (QED) is 0.533. The normalized spacial score (nSPS) is 10.3. The van der Waals surface area contributed by atoms with Gasteiger partial charge >= 0.3 is 0 Å². The maximum atomic E-state index is 10.9. The largest absolute Gasteiger partial charge is 0.380 e. The summed E-state index contributed by atoms with van der Waals surface area (Å²) in [6.07, 6.45) is 0. The molecule has 0 aromatic heterocycles. The summed E-state index contributed by atoms with van der Waals surface area (Å²) >= 11 is 12.4. The summed E-state index contributed by atoms with van der Waals surface area (Å²) in [5.41, 5.74) is 1.75. The average Bonchev–Trinajstić information content (AvgIpc) is 2.39. The molecule has 0 heterocycles. The van der Waals surface area contributed by atoms with Crippen molar-refractivity contribution in [2.75, 3.05) is 5.32 Å². The van der Waals surface area contributed by atoms with E-state index in [1.807, 2.05) is 12.1 Å². The molecule has 0 spiro atoms. The van der Waals surface area contributed by atoms with E-state index in [0.717, 1.165) is 15.7 Å². The Labute approximate surface area is 137 Å². The van der Waals surface area contributed by atoms with Crippen LogP contribution in [-0.4, -0.2) is 4.92 Å². The number of rotatable bonds is 4. The first-order valence-corrected chi connectivity index (χ1v) is 7.55. The van der Waals surface area contributed by atoms with Gasteiger partial charge < -0.3 is 5.32 Å². The maximum absolute atomic E-state index is 10.9. The van der Waals surface area contributed by atoms with E-state index in [2.05, 4.69) is 37.2 Å². The minimum atomic E-state index is -0.411. The van der Waals surface area contributed by atoms with Crippen molar-refractivity contribution in [3.05, 3.63) is 66.0 Å². The van der Waals surface area contributed by atoms with E-state index >= 15 is 0 Å². The fourth-order valence-corrected chi connectivity index (χ4v) is 2.85. The highest BCUT2D eigenvalue weighted by molar-refractivity contribution is 9.11. The topological polar surface area (TPSA) is 55.2 Å². The van der Waals surface area contributed by atoms with Gasteiger partial charge in [0.2, 0.25) is 0 Å². The van der Waals surface area contributed by atoms with Crippen molar-refractivity contribution in [1.82, 2.24) is 0 Å². The molecule has 2 aromatic carbocycles. The van der Waals surface area contributed by atoms with Crippen LogP contribution in [-0.2, 0) is 6.54 Å². The smallest absolute Gasteiger partial charge is 0.283 e. The summed E-state index contributed by atoms with van der Waals surface area (Å²) in [6.45, 7) is 0.481. The number of nitrogens with zero attached hydrogens (tertiary/aromatic N) is 1. The zero-order valence-corrected chi connectivity index (χ0v) is 14.0. The lowest BCUT2D eigenvalue weighted by Crippen LogP contribution is -2.01. The van der Waals surface area contributed by atoms with Crippen molar-refractivity contribution in [3.8, 4) is 0 Å². The molecule has 2 rings (SSSR count). The highest BCUT2D eigenvalue weighted by Crippen LogP contribution is 2.28. The second-order valence-electron chi connectivity index (χ2n) is 4.02. The molecule has 0 bridgehead atoms. The number of hydrogen-bond acceptors (Lipinski definition) is 3. The summed E-state index contributed by atoms with van der Waals surface area (Å²) < 4.78 is 1.32. The predicted octanol–water partition coefficient (Wildman–Crippen LogP) is 5.39. The van der Waals surface area contributed by atoms with Crippen LogP contribution in [0.2, 0.25) is 5.02 Å². The van der Waals surface area contributed by atoms with Gasteiger partial charge in [0.15, 0.2) is 0 Å². The van der Waals surface area contributed by atoms with Crippen LogP contribution in [0.4, 0.5) is 11.4 Å². The van der Waals surface area contributed by atoms with Gasteiger partial charge in [-0.05, 0) is 61.7 Å². The van der Waals surface area contributed by atoms with Crippen LogP contribution in [0.3, 0.4) is 0 Å². The van der Waals surface area contributed by atoms with E-state index in [1.165, 1.54) is 0 Å². The van der Waals surface area contributed by atoms with Crippen LogP contribution in [0.5, 0.6) is 0 Å². The molecular formula is C13H9Br2ClN2O2. The zero-order chi connectivity index (χ0) is 14.7. The Kier molecular flexibility index (Phi) is 5.01. The van der Waals surface area contributed by atoms with Crippen LogP contribution in [0.25, 0.3) is 0 Å². The molecule has 0 radical (unpaired) electrons. The van der Waals surface area contributed by atoms with Crippen molar-refractivity contribution < 1.29 is 4.92 Å². The average molecular weight is 420 g/mol. The van der Waals surface area contributed by atoms with E-state index in [0.29, 0.717) is 16.0 Å². The van der Waals surface area contributed by atoms with Gasteiger partial charge in [0.1, 0.15) is 0 Å². The lowest BCUT2D eigenvalue weighted by Gasteiger charge is -2.09. The highest BCUT2D eigenvalue weighted by atomic mass is 79.9. The Hall–Kier alpha value is -1.11. The van der Waals surface area contributed by atoms with Crippen molar-refractivity contribution in [2.24, 2.45) is 0 Å². The van der Waals surface area contributed by atoms with Crippen LogP contribution >= 0.6 is 43.5 Å². The zero-order valence-electron chi connectivity index (χ0n) is 10.1. The number of anilines is 1. The van der Waals surface area contributed by atoms with Crippen molar-refractivity contribution in [2.45, 2.75) is 6.54 Å². The molecule has 0 aliphatic carbocycles. The summed E-state index contributed by atoms with van der Waals surface area (Å²) in [5.74, 6) is 0. The third-order valence-corrected chi connectivity index (χ3v) is 4.18. The molecule has 0 atom stereocenters. The van der Waals surface area contributed by atoms with Gasteiger partial charge in [-0.2, -0.15) is 0 Å². The highest BCUT2D eigenvalue weighted by Gasteiger charge is 2.12. The number of halogens is 3. The monoisotopic (exact) mass is 418 g/mol. The summed E-state index contributed by atoms with van der Waals surface area (Å²) in [4.78, 5) is 10.5. The SMILES string of the molecule is O=[N+]([O-])c1cc(CNc2ccc(Cl)cc2Br)ccc1Br. The number of nitro groups is 1. The Morgan fingerprint density at radius 3 is 2.55 bits per heavy atom. The van der Waals surface area contributed by atoms with Crippen molar-refractivity contribution in [3.63, 3.8) is 0 Å². The second-order valence-corrected chi connectivity index (χ2v) is 6.17. The molecule has 4 nitrogen and oxygen atoms in total. The number of benzene rings is 2. The molecule has 104 valence electrons. The van der Waals surface area contributed by atoms with Gasteiger partial charge in [0.25, 0.3) is 5.69 Å². The first kappa shape index (κ1) is 15.3. The van der Waals surface area contributed by atoms with Crippen molar-refractivity contribution >= 4 is 54.8 Å². The number of nitrogens with one attached hydrogen (secondary N) is 1. The first-order valence-electron chi connectivity index (χ1n) is 5.59. The second kappa shape index (κ2) is 6.56. The van der Waals surface area contributed by atoms with Crippen molar-refractivity contribution in [1.29, 1.82) is 0 Å². The molecule has 0 saturated heterocycles. The van der Waals surface area contributed by atoms with E-state index < -0.39 is 4.92 Å². The predicted molar refractivity (Wildman–Crippen MR) is 87.3 cm³/mol. The van der Waals surface area contributed by atoms with Crippen LogP contribution in [0, 0.1) is 10.1 Å². The number of hydrogen-bond donors (Lipinski definition) is 1. The molecule has 0 saturated carbocycles. The lowest BCUT2D eigenvalue weighted by molar-refractivity contribution is -0.385. The van der Waals surface area contributed by atoms with Gasteiger partial charge in [-0.1, -0.05) is 17.7 Å². The summed E-state index contributed by atoms with van der Waals surface area (Å²) in [7, 11) is 0. The third kappa shape index (κ3) is 3.71. The fourth-order valence-electron chi connectivity index (χ4n) is 1.64. The van der Waals surface area contributed by atoms with E-state index in [9.17, 15) is 10.1 Å². The van der Waals surface area contributed by atoms with E-state index in [4.69, 9.17) is 11.6 Å². The molecule has 0 fully saturated rings. The van der Waals surface area contributed by atoms with Gasteiger partial charge in [0, 0.05) is 27.8 Å². The van der Waals surface area contributed by atoms with Crippen LogP contribution in [0.1, 0.15) is 5.56 Å². The summed E-state index contributed by atoms with van der Waals surface area (Å²) in [6, 6.07) is 10.5.